The Labute approximate surface area is 112 Å². The van der Waals surface area contributed by atoms with Crippen molar-refractivity contribution in [2.75, 3.05) is 19.1 Å². The minimum Gasteiger partial charge on any atom is -0.481 e. The highest BCUT2D eigenvalue weighted by Crippen LogP contribution is 2.20. The smallest absolute Gasteiger partial charge is 0.213 e. The van der Waals surface area contributed by atoms with Crippen molar-refractivity contribution in [3.8, 4) is 11.9 Å². The number of hydrogen-bond acceptors (Lipinski definition) is 4. The molecule has 96 valence electrons. The quantitative estimate of drug-likeness (QED) is 0.840. The van der Waals surface area contributed by atoms with Crippen LogP contribution in [0.15, 0.2) is 42.5 Å². The molecule has 0 saturated heterocycles. The molecule has 0 aliphatic carbocycles. The number of rotatable bonds is 4. The van der Waals surface area contributed by atoms with E-state index in [0.29, 0.717) is 18.0 Å². The Hall–Kier alpha value is -2.54. The van der Waals surface area contributed by atoms with Crippen LogP contribution in [0.25, 0.3) is 0 Å². The summed E-state index contributed by atoms with van der Waals surface area (Å²) in [4.78, 5) is 6.37. The first-order chi connectivity index (χ1) is 9.24. The molecule has 0 atom stereocenters. The summed E-state index contributed by atoms with van der Waals surface area (Å²) in [7, 11) is 3.54. The molecule has 2 aromatic rings. The predicted molar refractivity (Wildman–Crippen MR) is 74.1 cm³/mol. The summed E-state index contributed by atoms with van der Waals surface area (Å²) in [6.45, 7) is 0.621. The highest BCUT2D eigenvalue weighted by molar-refractivity contribution is 5.58. The summed E-state index contributed by atoms with van der Waals surface area (Å²) in [5.74, 6) is 0.597. The average molecular weight is 253 g/mol. The summed E-state index contributed by atoms with van der Waals surface area (Å²) in [5.41, 5.74) is 2.46. The standard InChI is InChI=1S/C15H15N3O/c1-18(14-8-4-3-6-12(14)10-16)11-13-7-5-9-15(17-13)19-2/h3-9H,11H2,1-2H3. The number of para-hydroxylation sites is 1. The molecule has 0 aliphatic heterocycles. The van der Waals surface area contributed by atoms with Crippen molar-refractivity contribution < 1.29 is 4.74 Å². The number of nitrogens with zero attached hydrogens (tertiary/aromatic N) is 3. The van der Waals surface area contributed by atoms with Gasteiger partial charge in [-0.3, -0.25) is 0 Å². The van der Waals surface area contributed by atoms with E-state index in [0.717, 1.165) is 11.4 Å². The first-order valence-electron chi connectivity index (χ1n) is 5.95. The number of ether oxygens (including phenoxy) is 1. The van der Waals surface area contributed by atoms with Crippen LogP contribution < -0.4 is 9.64 Å². The summed E-state index contributed by atoms with van der Waals surface area (Å²) in [6, 6.07) is 15.4. The second-order valence-corrected chi connectivity index (χ2v) is 4.16. The second kappa shape index (κ2) is 5.87. The van der Waals surface area contributed by atoms with Crippen LogP contribution in [0.4, 0.5) is 5.69 Å². The molecule has 4 heteroatoms. The van der Waals surface area contributed by atoms with Gasteiger partial charge < -0.3 is 9.64 Å². The number of benzene rings is 1. The molecule has 1 heterocycles. The zero-order chi connectivity index (χ0) is 13.7. The summed E-state index contributed by atoms with van der Waals surface area (Å²) < 4.78 is 5.11. The van der Waals surface area contributed by atoms with Crippen molar-refractivity contribution >= 4 is 5.69 Å². The summed E-state index contributed by atoms with van der Waals surface area (Å²) >= 11 is 0. The Kier molecular flexibility index (Phi) is 3.99. The van der Waals surface area contributed by atoms with Gasteiger partial charge in [-0.15, -0.1) is 0 Å². The normalized spacial score (nSPS) is 9.74. The van der Waals surface area contributed by atoms with Gasteiger partial charge in [0.2, 0.25) is 5.88 Å². The summed E-state index contributed by atoms with van der Waals surface area (Å²) in [6.07, 6.45) is 0. The van der Waals surface area contributed by atoms with E-state index in [1.54, 1.807) is 7.11 Å². The molecular formula is C15H15N3O. The van der Waals surface area contributed by atoms with Crippen LogP contribution in [-0.4, -0.2) is 19.1 Å². The van der Waals surface area contributed by atoms with Gasteiger partial charge in [0, 0.05) is 13.1 Å². The fourth-order valence-electron chi connectivity index (χ4n) is 1.89. The molecule has 19 heavy (non-hydrogen) atoms. The van der Waals surface area contributed by atoms with Crippen molar-refractivity contribution in [1.82, 2.24) is 4.98 Å². The topological polar surface area (TPSA) is 49.1 Å². The molecule has 0 amide bonds. The lowest BCUT2D eigenvalue weighted by Crippen LogP contribution is -2.18. The van der Waals surface area contributed by atoms with Crippen LogP contribution in [0.3, 0.4) is 0 Å². The van der Waals surface area contributed by atoms with E-state index in [4.69, 9.17) is 10.00 Å². The van der Waals surface area contributed by atoms with Crippen LogP contribution in [-0.2, 0) is 6.54 Å². The van der Waals surface area contributed by atoms with Crippen molar-refractivity contribution in [2.24, 2.45) is 0 Å². The maximum atomic E-state index is 9.10. The van der Waals surface area contributed by atoms with Crippen LogP contribution >= 0.6 is 0 Å². The zero-order valence-corrected chi connectivity index (χ0v) is 11.0. The third kappa shape index (κ3) is 3.02. The van der Waals surface area contributed by atoms with Crippen molar-refractivity contribution in [1.29, 1.82) is 5.26 Å². The third-order valence-corrected chi connectivity index (χ3v) is 2.83. The zero-order valence-electron chi connectivity index (χ0n) is 11.0. The van der Waals surface area contributed by atoms with Gasteiger partial charge in [-0.05, 0) is 18.2 Å². The van der Waals surface area contributed by atoms with Crippen LogP contribution in [0, 0.1) is 11.3 Å². The minimum absolute atomic E-state index is 0.597. The molecule has 0 fully saturated rings. The van der Waals surface area contributed by atoms with Crippen molar-refractivity contribution in [3.05, 3.63) is 53.7 Å². The molecule has 0 unspecified atom stereocenters. The highest BCUT2D eigenvalue weighted by atomic mass is 16.5. The molecule has 0 saturated carbocycles. The van der Waals surface area contributed by atoms with Crippen LogP contribution in [0.5, 0.6) is 5.88 Å². The van der Waals surface area contributed by atoms with Gasteiger partial charge in [-0.1, -0.05) is 18.2 Å². The average Bonchev–Trinajstić information content (AvgIpc) is 2.47. The van der Waals surface area contributed by atoms with E-state index in [-0.39, 0.29) is 0 Å². The Bertz CT molecular complexity index is 604. The number of pyridine rings is 1. The van der Waals surface area contributed by atoms with Gasteiger partial charge in [0.05, 0.1) is 30.6 Å². The van der Waals surface area contributed by atoms with Gasteiger partial charge in [0.1, 0.15) is 6.07 Å². The van der Waals surface area contributed by atoms with Crippen LogP contribution in [0.1, 0.15) is 11.3 Å². The predicted octanol–water partition coefficient (Wildman–Crippen LogP) is 2.60. The first kappa shape index (κ1) is 12.9. The second-order valence-electron chi connectivity index (χ2n) is 4.16. The van der Waals surface area contributed by atoms with Crippen molar-refractivity contribution in [2.45, 2.75) is 6.54 Å². The van der Waals surface area contributed by atoms with Gasteiger partial charge in [0.15, 0.2) is 0 Å². The third-order valence-electron chi connectivity index (χ3n) is 2.83. The molecule has 0 bridgehead atoms. The lowest BCUT2D eigenvalue weighted by Gasteiger charge is -2.20. The lowest BCUT2D eigenvalue weighted by atomic mass is 10.2. The number of anilines is 1. The number of methoxy groups -OCH3 is 1. The number of nitriles is 1. The molecule has 0 spiro atoms. The van der Waals surface area contributed by atoms with Crippen LogP contribution in [0.2, 0.25) is 0 Å². The molecule has 0 aliphatic rings. The minimum atomic E-state index is 0.597. The molecule has 0 radical (unpaired) electrons. The van der Waals surface area contributed by atoms with E-state index in [2.05, 4.69) is 11.1 Å². The molecule has 2 rings (SSSR count). The number of aromatic nitrogens is 1. The van der Waals surface area contributed by atoms with Gasteiger partial charge in [0.25, 0.3) is 0 Å². The molecule has 1 aromatic carbocycles. The molecular weight excluding hydrogens is 238 g/mol. The van der Waals surface area contributed by atoms with Crippen molar-refractivity contribution in [3.63, 3.8) is 0 Å². The summed E-state index contributed by atoms with van der Waals surface area (Å²) in [5, 5.41) is 9.10. The van der Waals surface area contributed by atoms with Gasteiger partial charge >= 0.3 is 0 Å². The highest BCUT2D eigenvalue weighted by Gasteiger charge is 2.08. The SMILES string of the molecule is COc1cccc(CN(C)c2ccccc2C#N)n1. The Morgan fingerprint density at radius 1 is 1.21 bits per heavy atom. The number of hydrogen-bond donors (Lipinski definition) is 0. The van der Waals surface area contributed by atoms with Gasteiger partial charge in [-0.2, -0.15) is 5.26 Å². The molecule has 0 N–H and O–H groups in total. The van der Waals surface area contributed by atoms with Gasteiger partial charge in [-0.25, -0.2) is 4.98 Å². The van der Waals surface area contributed by atoms with E-state index < -0.39 is 0 Å². The first-order valence-corrected chi connectivity index (χ1v) is 5.95. The fourth-order valence-corrected chi connectivity index (χ4v) is 1.89. The maximum absolute atomic E-state index is 9.10. The monoisotopic (exact) mass is 253 g/mol. The Morgan fingerprint density at radius 3 is 2.74 bits per heavy atom. The Balaban J connectivity index is 2.21. The lowest BCUT2D eigenvalue weighted by molar-refractivity contribution is 0.396. The maximum Gasteiger partial charge on any atom is 0.213 e. The fraction of sp³-hybridized carbons (Fsp3) is 0.200. The Morgan fingerprint density at radius 2 is 2.00 bits per heavy atom. The van der Waals surface area contributed by atoms with E-state index in [9.17, 15) is 0 Å². The van der Waals surface area contributed by atoms with E-state index in [1.807, 2.05) is 54.4 Å². The molecule has 4 nitrogen and oxygen atoms in total. The molecule has 1 aromatic heterocycles. The van der Waals surface area contributed by atoms with E-state index in [1.165, 1.54) is 0 Å². The van der Waals surface area contributed by atoms with E-state index >= 15 is 0 Å². The largest absolute Gasteiger partial charge is 0.481 e.